The number of hydrogen-bond donors (Lipinski definition) is 0. The normalized spacial score (nSPS) is 20.2. The summed E-state index contributed by atoms with van der Waals surface area (Å²) in [6.45, 7) is 12.0. The summed E-state index contributed by atoms with van der Waals surface area (Å²) in [7, 11) is 0. The van der Waals surface area contributed by atoms with E-state index in [0.717, 1.165) is 37.8 Å². The average Bonchev–Trinajstić information content (AvgIpc) is 2.26. The molecule has 17 heavy (non-hydrogen) atoms. The van der Waals surface area contributed by atoms with E-state index in [-0.39, 0.29) is 11.7 Å². The van der Waals surface area contributed by atoms with Crippen LogP contribution in [0.5, 0.6) is 0 Å². The first-order chi connectivity index (χ1) is 7.83. The molecule has 3 heteroatoms. The van der Waals surface area contributed by atoms with E-state index in [1.165, 1.54) is 6.42 Å². The number of carbonyl (C=O) groups excluding carboxylic acids is 1. The van der Waals surface area contributed by atoms with Crippen LogP contribution >= 0.6 is 0 Å². The lowest BCUT2D eigenvalue weighted by Crippen LogP contribution is -2.42. The molecule has 1 amide bonds. The number of rotatable bonds is 2. The van der Waals surface area contributed by atoms with Gasteiger partial charge in [0.1, 0.15) is 5.60 Å². The Morgan fingerprint density at radius 2 is 1.88 bits per heavy atom. The van der Waals surface area contributed by atoms with Gasteiger partial charge in [0.15, 0.2) is 0 Å². The third-order valence-corrected chi connectivity index (χ3v) is 3.64. The first kappa shape index (κ1) is 14.3. The molecular formula is C14H27NO2. The van der Waals surface area contributed by atoms with Gasteiger partial charge in [-0.15, -0.1) is 0 Å². The van der Waals surface area contributed by atoms with Crippen LogP contribution in [0, 0.1) is 11.8 Å². The highest BCUT2D eigenvalue weighted by atomic mass is 16.6. The summed E-state index contributed by atoms with van der Waals surface area (Å²) in [5, 5.41) is 0. The minimum Gasteiger partial charge on any atom is -0.444 e. The number of ether oxygens (including phenoxy) is 1. The van der Waals surface area contributed by atoms with Crippen LogP contribution in [0.4, 0.5) is 4.79 Å². The fraction of sp³-hybridized carbons (Fsp3) is 0.929. The first-order valence-corrected chi connectivity index (χ1v) is 6.81. The molecule has 1 heterocycles. The topological polar surface area (TPSA) is 29.5 Å². The molecule has 0 N–H and O–H groups in total. The second kappa shape index (κ2) is 5.74. The summed E-state index contributed by atoms with van der Waals surface area (Å²) in [6.07, 6.45) is 3.32. The highest BCUT2D eigenvalue weighted by Crippen LogP contribution is 2.27. The van der Waals surface area contributed by atoms with Crippen LogP contribution in [-0.4, -0.2) is 29.7 Å². The van der Waals surface area contributed by atoms with E-state index >= 15 is 0 Å². The smallest absolute Gasteiger partial charge is 0.410 e. The Balaban J connectivity index is 2.39. The maximum Gasteiger partial charge on any atom is 0.410 e. The number of likely N-dealkylation sites (tertiary alicyclic amines) is 1. The Bertz CT molecular complexity index is 249. The summed E-state index contributed by atoms with van der Waals surface area (Å²) in [5.41, 5.74) is -0.384. The molecule has 100 valence electrons. The van der Waals surface area contributed by atoms with E-state index in [1.807, 2.05) is 25.7 Å². The van der Waals surface area contributed by atoms with Crippen molar-refractivity contribution in [1.82, 2.24) is 4.90 Å². The van der Waals surface area contributed by atoms with Gasteiger partial charge in [0.05, 0.1) is 0 Å². The quantitative estimate of drug-likeness (QED) is 0.738. The van der Waals surface area contributed by atoms with Gasteiger partial charge in [-0.1, -0.05) is 20.3 Å². The number of carbonyl (C=O) groups is 1. The second-order valence-corrected chi connectivity index (χ2v) is 6.19. The van der Waals surface area contributed by atoms with Crippen LogP contribution in [0.25, 0.3) is 0 Å². The molecule has 1 rings (SSSR count). The first-order valence-electron chi connectivity index (χ1n) is 6.81. The van der Waals surface area contributed by atoms with E-state index in [2.05, 4.69) is 13.8 Å². The Labute approximate surface area is 106 Å². The molecule has 0 aromatic rings. The molecule has 0 aromatic carbocycles. The lowest BCUT2D eigenvalue weighted by Gasteiger charge is -2.35. The van der Waals surface area contributed by atoms with Gasteiger partial charge in [0.2, 0.25) is 0 Å². The van der Waals surface area contributed by atoms with Crippen molar-refractivity contribution in [3.8, 4) is 0 Å². The molecular weight excluding hydrogens is 214 g/mol. The van der Waals surface area contributed by atoms with Crippen molar-refractivity contribution < 1.29 is 9.53 Å². The fourth-order valence-electron chi connectivity index (χ4n) is 2.31. The molecule has 3 nitrogen and oxygen atoms in total. The zero-order chi connectivity index (χ0) is 13.1. The highest BCUT2D eigenvalue weighted by Gasteiger charge is 2.28. The van der Waals surface area contributed by atoms with Gasteiger partial charge >= 0.3 is 6.09 Å². The van der Waals surface area contributed by atoms with Crippen LogP contribution in [0.15, 0.2) is 0 Å². The average molecular weight is 241 g/mol. The molecule has 1 atom stereocenters. The maximum absolute atomic E-state index is 11.9. The number of piperidine rings is 1. The van der Waals surface area contributed by atoms with Crippen LogP contribution in [-0.2, 0) is 4.74 Å². The molecule has 0 aliphatic carbocycles. The largest absolute Gasteiger partial charge is 0.444 e. The van der Waals surface area contributed by atoms with Gasteiger partial charge < -0.3 is 9.64 Å². The molecule has 0 aromatic heterocycles. The van der Waals surface area contributed by atoms with E-state index in [9.17, 15) is 4.79 Å². The third kappa shape index (κ3) is 4.57. The second-order valence-electron chi connectivity index (χ2n) is 6.19. The molecule has 0 spiro atoms. The van der Waals surface area contributed by atoms with Crippen LogP contribution < -0.4 is 0 Å². The van der Waals surface area contributed by atoms with Crippen LogP contribution in [0.1, 0.15) is 53.9 Å². The third-order valence-electron chi connectivity index (χ3n) is 3.64. The van der Waals surface area contributed by atoms with Crippen LogP contribution in [0.3, 0.4) is 0 Å². The van der Waals surface area contributed by atoms with E-state index in [4.69, 9.17) is 4.74 Å². The Hall–Kier alpha value is -0.730. The monoisotopic (exact) mass is 241 g/mol. The Morgan fingerprint density at radius 3 is 2.29 bits per heavy atom. The van der Waals surface area contributed by atoms with Gasteiger partial charge in [0, 0.05) is 13.1 Å². The molecule has 1 saturated heterocycles. The van der Waals surface area contributed by atoms with Crippen molar-refractivity contribution in [3.05, 3.63) is 0 Å². The predicted molar refractivity (Wildman–Crippen MR) is 70.0 cm³/mol. The van der Waals surface area contributed by atoms with E-state index in [0.29, 0.717) is 0 Å². The lowest BCUT2D eigenvalue weighted by atomic mass is 9.84. The highest BCUT2D eigenvalue weighted by molar-refractivity contribution is 5.68. The summed E-state index contributed by atoms with van der Waals surface area (Å²) >= 11 is 0. The zero-order valence-electron chi connectivity index (χ0n) is 12.0. The number of nitrogens with zero attached hydrogens (tertiary/aromatic N) is 1. The van der Waals surface area contributed by atoms with Crippen LogP contribution in [0.2, 0.25) is 0 Å². The van der Waals surface area contributed by atoms with Crippen molar-refractivity contribution in [2.24, 2.45) is 11.8 Å². The van der Waals surface area contributed by atoms with Crippen molar-refractivity contribution in [2.75, 3.05) is 13.1 Å². The van der Waals surface area contributed by atoms with E-state index in [1.54, 1.807) is 0 Å². The van der Waals surface area contributed by atoms with Crippen molar-refractivity contribution in [2.45, 2.75) is 59.5 Å². The number of hydrogen-bond acceptors (Lipinski definition) is 2. The minimum atomic E-state index is -0.384. The predicted octanol–water partition coefficient (Wildman–Crippen LogP) is 3.68. The SMILES string of the molecule is CC[C@@H](C)C1CCN(C(=O)OC(C)(C)C)CC1. The molecule has 0 bridgehead atoms. The van der Waals surface area contributed by atoms with Gasteiger partial charge in [-0.05, 0) is 45.4 Å². The van der Waals surface area contributed by atoms with Crippen molar-refractivity contribution in [3.63, 3.8) is 0 Å². The molecule has 1 aliphatic heterocycles. The molecule has 1 fully saturated rings. The van der Waals surface area contributed by atoms with Crippen molar-refractivity contribution >= 4 is 6.09 Å². The van der Waals surface area contributed by atoms with Gasteiger partial charge in [-0.2, -0.15) is 0 Å². The summed E-state index contributed by atoms with van der Waals surface area (Å²) in [6, 6.07) is 0. The minimum absolute atomic E-state index is 0.153. The van der Waals surface area contributed by atoms with Gasteiger partial charge in [-0.3, -0.25) is 0 Å². The molecule has 0 unspecified atom stereocenters. The molecule has 0 saturated carbocycles. The van der Waals surface area contributed by atoms with Gasteiger partial charge in [0.25, 0.3) is 0 Å². The lowest BCUT2D eigenvalue weighted by molar-refractivity contribution is 0.0162. The Kier molecular flexibility index (Phi) is 4.84. The van der Waals surface area contributed by atoms with Gasteiger partial charge in [-0.25, -0.2) is 4.79 Å². The summed E-state index contributed by atoms with van der Waals surface area (Å²) in [4.78, 5) is 13.7. The fourth-order valence-corrected chi connectivity index (χ4v) is 2.31. The maximum atomic E-state index is 11.9. The van der Waals surface area contributed by atoms with Crippen molar-refractivity contribution in [1.29, 1.82) is 0 Å². The zero-order valence-corrected chi connectivity index (χ0v) is 12.0. The van der Waals surface area contributed by atoms with E-state index < -0.39 is 0 Å². The molecule has 0 radical (unpaired) electrons. The summed E-state index contributed by atoms with van der Waals surface area (Å²) < 4.78 is 5.39. The molecule has 1 aliphatic rings. The Morgan fingerprint density at radius 1 is 1.35 bits per heavy atom. The standard InChI is InChI=1S/C14H27NO2/c1-6-11(2)12-7-9-15(10-8-12)13(16)17-14(3,4)5/h11-12H,6-10H2,1-5H3/t11-/m1/s1. The summed E-state index contributed by atoms with van der Waals surface area (Å²) in [5.74, 6) is 1.55. The number of amides is 1.